The summed E-state index contributed by atoms with van der Waals surface area (Å²) in [7, 11) is 0. The van der Waals surface area contributed by atoms with Crippen LogP contribution < -0.4 is 0 Å². The van der Waals surface area contributed by atoms with Crippen molar-refractivity contribution in [2.24, 2.45) is 17.8 Å². The van der Waals surface area contributed by atoms with E-state index >= 15 is 0 Å². The van der Waals surface area contributed by atoms with Crippen LogP contribution in [0.3, 0.4) is 0 Å². The van der Waals surface area contributed by atoms with Gasteiger partial charge >= 0.3 is 0 Å². The molecule has 3 aliphatic rings. The van der Waals surface area contributed by atoms with Crippen molar-refractivity contribution in [2.75, 3.05) is 6.61 Å². The van der Waals surface area contributed by atoms with Crippen LogP contribution in [-0.2, 0) is 14.3 Å². The second kappa shape index (κ2) is 2.70. The van der Waals surface area contributed by atoms with Crippen molar-refractivity contribution in [3.8, 4) is 0 Å². The third-order valence-electron chi connectivity index (χ3n) is 3.34. The van der Waals surface area contributed by atoms with Crippen LogP contribution >= 0.6 is 0 Å². The normalized spacial score (nSPS) is 43.1. The molecule has 0 aromatic carbocycles. The third-order valence-corrected chi connectivity index (χ3v) is 3.34. The van der Waals surface area contributed by atoms with Gasteiger partial charge in [0, 0.05) is 23.3 Å². The van der Waals surface area contributed by atoms with Crippen LogP contribution in [0.5, 0.6) is 0 Å². The Morgan fingerprint density at radius 1 is 1.50 bits per heavy atom. The number of hydrogen-bond donors (Lipinski definition) is 0. The smallest absolute Gasteiger partial charge is 0.203 e. The maximum Gasteiger partial charge on any atom is 0.203 e. The average Bonchev–Trinajstić information content (AvgIpc) is 2.74. The quantitative estimate of drug-likeness (QED) is 0.587. The predicted octanol–water partition coefficient (Wildman–Crippen LogP) is 1.26. The van der Waals surface area contributed by atoms with E-state index in [2.05, 4.69) is 12.2 Å². The Kier molecular flexibility index (Phi) is 1.59. The molecule has 4 atom stereocenters. The molecule has 0 spiro atoms. The highest BCUT2D eigenvalue weighted by molar-refractivity contribution is 5.94. The van der Waals surface area contributed by atoms with Gasteiger partial charge in [-0.25, -0.2) is 0 Å². The SMILES string of the molecule is CC(=O)C1=CO[C@@H]2OC[C@@H]3C=C[C@H]1[C@H]23. The van der Waals surface area contributed by atoms with Gasteiger partial charge < -0.3 is 9.47 Å². The zero-order chi connectivity index (χ0) is 9.71. The zero-order valence-corrected chi connectivity index (χ0v) is 7.97. The Morgan fingerprint density at radius 2 is 2.36 bits per heavy atom. The molecule has 0 radical (unpaired) electrons. The maximum atomic E-state index is 11.4. The van der Waals surface area contributed by atoms with E-state index in [1.165, 1.54) is 0 Å². The molecule has 0 unspecified atom stereocenters. The Hall–Kier alpha value is -1.09. The summed E-state index contributed by atoms with van der Waals surface area (Å²) < 4.78 is 10.9. The monoisotopic (exact) mass is 192 g/mol. The molecule has 1 fully saturated rings. The molecule has 1 saturated heterocycles. The van der Waals surface area contributed by atoms with Crippen LogP contribution in [0.25, 0.3) is 0 Å². The van der Waals surface area contributed by atoms with Gasteiger partial charge in [0.05, 0.1) is 12.9 Å². The molecule has 0 amide bonds. The van der Waals surface area contributed by atoms with Crippen molar-refractivity contribution in [2.45, 2.75) is 13.2 Å². The van der Waals surface area contributed by atoms with E-state index < -0.39 is 0 Å². The second-order valence-corrected chi connectivity index (χ2v) is 4.12. The maximum absolute atomic E-state index is 11.4. The second-order valence-electron chi connectivity index (χ2n) is 4.12. The largest absolute Gasteiger partial charge is 0.472 e. The van der Waals surface area contributed by atoms with Gasteiger partial charge in [-0.2, -0.15) is 0 Å². The summed E-state index contributed by atoms with van der Waals surface area (Å²) in [4.78, 5) is 11.4. The number of ether oxygens (including phenoxy) is 2. The molecule has 0 bridgehead atoms. The van der Waals surface area contributed by atoms with Gasteiger partial charge in [-0.15, -0.1) is 0 Å². The van der Waals surface area contributed by atoms with Crippen molar-refractivity contribution in [1.82, 2.24) is 0 Å². The molecule has 3 heteroatoms. The summed E-state index contributed by atoms with van der Waals surface area (Å²) in [6.07, 6.45) is 5.72. The van der Waals surface area contributed by atoms with Crippen LogP contribution in [0, 0.1) is 17.8 Å². The first kappa shape index (κ1) is 8.24. The third kappa shape index (κ3) is 0.932. The molecule has 0 saturated carbocycles. The van der Waals surface area contributed by atoms with Gasteiger partial charge in [-0.3, -0.25) is 4.79 Å². The van der Waals surface area contributed by atoms with E-state index in [-0.39, 0.29) is 18.0 Å². The number of hydrogen-bond acceptors (Lipinski definition) is 3. The molecule has 74 valence electrons. The molecule has 2 aliphatic heterocycles. The van der Waals surface area contributed by atoms with E-state index in [0.29, 0.717) is 11.8 Å². The van der Waals surface area contributed by atoms with Gasteiger partial charge in [-0.1, -0.05) is 12.2 Å². The van der Waals surface area contributed by atoms with E-state index in [4.69, 9.17) is 9.47 Å². The van der Waals surface area contributed by atoms with Gasteiger partial charge in [0.1, 0.15) is 0 Å². The summed E-state index contributed by atoms with van der Waals surface area (Å²) in [5, 5.41) is 0. The fourth-order valence-corrected chi connectivity index (χ4v) is 2.62. The fraction of sp³-hybridized carbons (Fsp3) is 0.545. The lowest BCUT2D eigenvalue weighted by molar-refractivity contribution is -0.121. The first-order chi connectivity index (χ1) is 6.77. The summed E-state index contributed by atoms with van der Waals surface area (Å²) in [6, 6.07) is 0. The number of Topliss-reactive ketones (excluding diaryl/α,β-unsaturated/α-hetero) is 1. The Labute approximate surface area is 82.4 Å². The van der Waals surface area contributed by atoms with Gasteiger partial charge in [0.15, 0.2) is 5.78 Å². The van der Waals surface area contributed by atoms with Crippen molar-refractivity contribution >= 4 is 5.78 Å². The highest BCUT2D eigenvalue weighted by Gasteiger charge is 2.48. The van der Waals surface area contributed by atoms with Gasteiger partial charge in [-0.05, 0) is 6.92 Å². The topological polar surface area (TPSA) is 35.5 Å². The molecule has 3 nitrogen and oxygen atoms in total. The minimum Gasteiger partial charge on any atom is -0.472 e. The van der Waals surface area contributed by atoms with Gasteiger partial charge in [0.25, 0.3) is 0 Å². The summed E-state index contributed by atoms with van der Waals surface area (Å²) in [6.45, 7) is 2.31. The molecule has 0 aromatic heterocycles. The average molecular weight is 192 g/mol. The highest BCUT2D eigenvalue weighted by atomic mass is 16.7. The van der Waals surface area contributed by atoms with E-state index in [9.17, 15) is 4.79 Å². The fourth-order valence-electron chi connectivity index (χ4n) is 2.62. The van der Waals surface area contributed by atoms with Crippen LogP contribution in [0.1, 0.15) is 6.92 Å². The molecule has 0 N–H and O–H groups in total. The Morgan fingerprint density at radius 3 is 3.14 bits per heavy atom. The number of allylic oxidation sites excluding steroid dienone is 2. The Bertz CT molecular complexity index is 342. The summed E-state index contributed by atoms with van der Waals surface area (Å²) >= 11 is 0. The van der Waals surface area contributed by atoms with E-state index in [1.807, 2.05) is 0 Å². The molecule has 1 aliphatic carbocycles. The van der Waals surface area contributed by atoms with E-state index in [1.54, 1.807) is 13.2 Å². The summed E-state index contributed by atoms with van der Waals surface area (Å²) in [5.41, 5.74) is 0.788. The van der Waals surface area contributed by atoms with Crippen LogP contribution in [0.2, 0.25) is 0 Å². The van der Waals surface area contributed by atoms with Gasteiger partial charge in [0.2, 0.25) is 6.29 Å². The first-order valence-corrected chi connectivity index (χ1v) is 4.94. The minimum absolute atomic E-state index is 0.102. The van der Waals surface area contributed by atoms with E-state index in [0.717, 1.165) is 12.2 Å². The predicted molar refractivity (Wildman–Crippen MR) is 49.2 cm³/mol. The molecular formula is C11H12O3. The lowest BCUT2D eigenvalue weighted by atomic mass is 9.82. The first-order valence-electron chi connectivity index (χ1n) is 4.94. The number of carbonyl (C=O) groups excluding carboxylic acids is 1. The Balaban J connectivity index is 1.99. The van der Waals surface area contributed by atoms with Crippen molar-refractivity contribution in [3.05, 3.63) is 24.0 Å². The molecule has 0 aromatic rings. The molecule has 3 rings (SSSR count). The lowest BCUT2D eigenvalue weighted by Crippen LogP contribution is -2.32. The van der Waals surface area contributed by atoms with Crippen molar-refractivity contribution < 1.29 is 14.3 Å². The molecule has 14 heavy (non-hydrogen) atoms. The standard InChI is InChI=1S/C11H12O3/c1-6(12)9-5-14-11-10-7(4-13-11)2-3-8(9)10/h2-3,5,7-8,10-11H,4H2,1H3/t7-,8+,10+,11-/m0/s1. The summed E-state index contributed by atoms with van der Waals surface area (Å²) in [5.74, 6) is 1.09. The minimum atomic E-state index is -0.136. The van der Waals surface area contributed by atoms with Crippen LogP contribution in [0.4, 0.5) is 0 Å². The number of ketones is 1. The number of rotatable bonds is 1. The number of carbonyl (C=O) groups is 1. The van der Waals surface area contributed by atoms with Crippen LogP contribution in [0.15, 0.2) is 24.0 Å². The van der Waals surface area contributed by atoms with Crippen LogP contribution in [-0.4, -0.2) is 18.7 Å². The van der Waals surface area contributed by atoms with Crippen molar-refractivity contribution in [3.63, 3.8) is 0 Å². The molecular weight excluding hydrogens is 180 g/mol. The molecule has 2 heterocycles. The lowest BCUT2D eigenvalue weighted by Gasteiger charge is -2.29. The van der Waals surface area contributed by atoms with Crippen molar-refractivity contribution in [1.29, 1.82) is 0 Å². The zero-order valence-electron chi connectivity index (χ0n) is 7.97. The highest BCUT2D eigenvalue weighted by Crippen LogP contribution is 2.46.